The Kier molecular flexibility index (Phi) is 8.37. The molecule has 0 heterocycles. The van der Waals surface area contributed by atoms with Gasteiger partial charge in [0.15, 0.2) is 0 Å². The molecule has 0 fully saturated rings. The zero-order valence-electron chi connectivity index (χ0n) is 15.7. The van der Waals surface area contributed by atoms with Crippen LogP contribution in [0.25, 0.3) is 0 Å². The molecule has 1 aliphatic carbocycles. The monoisotopic (exact) mass is 779 g/mol. The van der Waals surface area contributed by atoms with Gasteiger partial charge in [-0.15, -0.1) is 0 Å². The van der Waals surface area contributed by atoms with E-state index in [2.05, 4.69) is 22.6 Å². The standard InChI is InChI=1S/C20H15I3O7S/c21-11-5-7-12(8-6-11)29-19(24)14-3-1-2-4-15(14)20(25)30-13-9-16(22)18(17(23)10-13)31(26,27)28/h5-10H,1-4H2,(H,26,27,28)/p-1. The van der Waals surface area contributed by atoms with Gasteiger partial charge in [-0.05, 0) is 130 Å². The van der Waals surface area contributed by atoms with Crippen LogP contribution in [-0.2, 0) is 19.7 Å². The molecule has 0 saturated carbocycles. The third-order valence-corrected chi connectivity index (χ3v) is 8.51. The van der Waals surface area contributed by atoms with Crippen LogP contribution in [0.15, 0.2) is 52.4 Å². The topological polar surface area (TPSA) is 110 Å². The molecule has 0 radical (unpaired) electrons. The Bertz CT molecular complexity index is 1150. The van der Waals surface area contributed by atoms with Gasteiger partial charge < -0.3 is 14.0 Å². The number of benzene rings is 2. The minimum Gasteiger partial charge on any atom is -0.744 e. The predicted octanol–water partition coefficient (Wildman–Crippen LogP) is 4.79. The van der Waals surface area contributed by atoms with Gasteiger partial charge in [-0.3, -0.25) is 0 Å². The van der Waals surface area contributed by atoms with E-state index < -0.39 is 22.1 Å². The number of carbonyl (C=O) groups is 2. The molecule has 0 spiro atoms. The van der Waals surface area contributed by atoms with Gasteiger partial charge in [-0.2, -0.15) is 0 Å². The van der Waals surface area contributed by atoms with Crippen molar-refractivity contribution in [1.29, 1.82) is 0 Å². The van der Waals surface area contributed by atoms with E-state index in [0.29, 0.717) is 18.6 Å². The van der Waals surface area contributed by atoms with E-state index in [9.17, 15) is 22.6 Å². The Morgan fingerprint density at radius 1 is 0.806 bits per heavy atom. The lowest BCUT2D eigenvalue weighted by atomic mass is 9.91. The molecule has 164 valence electrons. The van der Waals surface area contributed by atoms with Gasteiger partial charge in [0.25, 0.3) is 0 Å². The molecule has 1 aliphatic rings. The summed E-state index contributed by atoms with van der Waals surface area (Å²) in [6.07, 6.45) is 2.25. The van der Waals surface area contributed by atoms with E-state index in [1.165, 1.54) is 12.1 Å². The summed E-state index contributed by atoms with van der Waals surface area (Å²) in [5, 5.41) is 0. The van der Waals surface area contributed by atoms with Gasteiger partial charge in [0.05, 0.1) is 4.90 Å². The Balaban J connectivity index is 1.85. The highest BCUT2D eigenvalue weighted by molar-refractivity contribution is 14.1. The minimum absolute atomic E-state index is 0.0922. The molecule has 31 heavy (non-hydrogen) atoms. The number of esters is 2. The molecule has 2 aromatic carbocycles. The van der Waals surface area contributed by atoms with Crippen molar-refractivity contribution in [3.05, 3.63) is 58.3 Å². The van der Waals surface area contributed by atoms with Gasteiger partial charge in [-0.1, -0.05) is 0 Å². The van der Waals surface area contributed by atoms with Crippen molar-refractivity contribution in [1.82, 2.24) is 0 Å². The third kappa shape index (κ3) is 6.39. The van der Waals surface area contributed by atoms with Crippen molar-refractivity contribution in [2.24, 2.45) is 0 Å². The molecule has 0 aromatic heterocycles. The number of carbonyl (C=O) groups excluding carboxylic acids is 2. The van der Waals surface area contributed by atoms with E-state index in [0.717, 1.165) is 16.4 Å². The second kappa shape index (κ2) is 10.4. The molecular weight excluding hydrogens is 765 g/mol. The van der Waals surface area contributed by atoms with Crippen LogP contribution in [0.1, 0.15) is 25.7 Å². The summed E-state index contributed by atoms with van der Waals surface area (Å²) in [6.45, 7) is 0. The van der Waals surface area contributed by atoms with Crippen molar-refractivity contribution >= 4 is 89.8 Å². The van der Waals surface area contributed by atoms with E-state index in [4.69, 9.17) is 9.47 Å². The quantitative estimate of drug-likeness (QED) is 0.186. The average molecular weight is 779 g/mol. The molecule has 0 saturated heterocycles. The Labute approximate surface area is 220 Å². The van der Waals surface area contributed by atoms with Crippen molar-refractivity contribution in [2.45, 2.75) is 30.6 Å². The van der Waals surface area contributed by atoms with Crippen molar-refractivity contribution in [3.8, 4) is 11.5 Å². The van der Waals surface area contributed by atoms with Crippen LogP contribution in [0.4, 0.5) is 0 Å². The summed E-state index contributed by atoms with van der Waals surface area (Å²) in [4.78, 5) is 25.1. The summed E-state index contributed by atoms with van der Waals surface area (Å²) in [5.74, 6) is -0.812. The number of hydrogen-bond acceptors (Lipinski definition) is 7. The number of halogens is 3. The molecule has 0 aliphatic heterocycles. The van der Waals surface area contributed by atoms with Crippen LogP contribution < -0.4 is 9.47 Å². The zero-order valence-corrected chi connectivity index (χ0v) is 23.0. The molecule has 7 nitrogen and oxygen atoms in total. The van der Waals surface area contributed by atoms with Gasteiger partial charge in [0.1, 0.15) is 21.6 Å². The van der Waals surface area contributed by atoms with Gasteiger partial charge >= 0.3 is 11.9 Å². The second-order valence-electron chi connectivity index (χ2n) is 6.57. The van der Waals surface area contributed by atoms with Crippen molar-refractivity contribution < 1.29 is 32.0 Å². The fraction of sp³-hybridized carbons (Fsp3) is 0.200. The number of hydrogen-bond donors (Lipinski definition) is 0. The van der Waals surface area contributed by atoms with Crippen molar-refractivity contribution in [2.75, 3.05) is 0 Å². The number of ether oxygens (including phenoxy) is 2. The van der Waals surface area contributed by atoms with Crippen LogP contribution in [0, 0.1) is 10.7 Å². The first-order valence-electron chi connectivity index (χ1n) is 8.93. The van der Waals surface area contributed by atoms with Gasteiger partial charge in [-0.25, -0.2) is 18.0 Å². The van der Waals surface area contributed by atoms with Crippen LogP contribution in [0.5, 0.6) is 11.5 Å². The Morgan fingerprint density at radius 3 is 1.71 bits per heavy atom. The minimum atomic E-state index is -4.66. The zero-order chi connectivity index (χ0) is 22.8. The Hall–Kier alpha value is -0.780. The summed E-state index contributed by atoms with van der Waals surface area (Å²) in [7, 11) is -4.66. The van der Waals surface area contributed by atoms with Gasteiger partial charge in [0, 0.05) is 21.9 Å². The first-order valence-corrected chi connectivity index (χ1v) is 13.6. The predicted molar refractivity (Wildman–Crippen MR) is 136 cm³/mol. The maximum Gasteiger partial charge on any atom is 0.339 e. The van der Waals surface area contributed by atoms with Crippen molar-refractivity contribution in [3.63, 3.8) is 0 Å². The fourth-order valence-corrected chi connectivity index (χ4v) is 7.31. The first-order chi connectivity index (χ1) is 14.6. The maximum atomic E-state index is 12.8. The molecule has 0 unspecified atom stereocenters. The SMILES string of the molecule is O=C(Oc1ccc(I)cc1)C1=C(C(=O)Oc2cc(I)c(S(=O)(=O)[O-])c(I)c2)CCCC1. The normalized spacial score (nSPS) is 14.3. The first kappa shape index (κ1) is 24.9. The van der Waals surface area contributed by atoms with E-state index >= 15 is 0 Å². The lowest BCUT2D eigenvalue weighted by Crippen LogP contribution is -2.22. The second-order valence-corrected chi connectivity index (χ2v) is 11.5. The third-order valence-electron chi connectivity index (χ3n) is 4.42. The maximum absolute atomic E-state index is 12.8. The lowest BCUT2D eigenvalue weighted by Gasteiger charge is -2.19. The van der Waals surface area contributed by atoms with E-state index in [-0.39, 0.29) is 28.9 Å². The molecule has 2 aromatic rings. The molecule has 11 heteroatoms. The molecule has 0 atom stereocenters. The lowest BCUT2D eigenvalue weighted by molar-refractivity contribution is -0.133. The molecule has 0 bridgehead atoms. The summed E-state index contributed by atoms with van der Waals surface area (Å²) in [6, 6.07) is 9.58. The Morgan fingerprint density at radius 2 is 1.26 bits per heavy atom. The smallest absolute Gasteiger partial charge is 0.339 e. The molecule has 0 N–H and O–H groups in total. The van der Waals surface area contributed by atoms with Crippen LogP contribution in [0.3, 0.4) is 0 Å². The highest BCUT2D eigenvalue weighted by Gasteiger charge is 2.27. The largest absolute Gasteiger partial charge is 0.744 e. The fourth-order valence-electron chi connectivity index (χ4n) is 3.03. The van der Waals surface area contributed by atoms with E-state index in [1.807, 2.05) is 12.1 Å². The van der Waals surface area contributed by atoms with E-state index in [1.54, 1.807) is 57.3 Å². The molecule has 0 amide bonds. The van der Waals surface area contributed by atoms with Crippen LogP contribution >= 0.6 is 67.8 Å². The molecular formula is C20H14I3O7S-. The summed E-state index contributed by atoms with van der Waals surface area (Å²) < 4.78 is 46.4. The molecule has 3 rings (SSSR count). The van der Waals surface area contributed by atoms with Crippen LogP contribution in [-0.4, -0.2) is 24.9 Å². The summed E-state index contributed by atoms with van der Waals surface area (Å²) >= 11 is 5.55. The highest BCUT2D eigenvalue weighted by Crippen LogP contribution is 2.31. The highest BCUT2D eigenvalue weighted by atomic mass is 127. The summed E-state index contributed by atoms with van der Waals surface area (Å²) in [5.41, 5.74) is 0.519. The van der Waals surface area contributed by atoms with Crippen LogP contribution in [0.2, 0.25) is 0 Å². The number of rotatable bonds is 5. The average Bonchev–Trinajstić information content (AvgIpc) is 2.68. The van der Waals surface area contributed by atoms with Gasteiger partial charge in [0.2, 0.25) is 0 Å².